The van der Waals surface area contributed by atoms with E-state index in [9.17, 15) is 9.59 Å². The molecule has 3 heterocycles. The number of nitrogen functional groups attached to an aromatic ring is 1. The van der Waals surface area contributed by atoms with E-state index in [4.69, 9.17) is 10.5 Å². The fraction of sp³-hybridized carbons (Fsp3) is 0.0870. The first-order valence-corrected chi connectivity index (χ1v) is 9.94. The average Bonchev–Trinajstić information content (AvgIpc) is 3.34. The van der Waals surface area contributed by atoms with Crippen LogP contribution < -0.4 is 10.5 Å². The van der Waals surface area contributed by atoms with Crippen molar-refractivity contribution in [1.29, 1.82) is 0 Å². The van der Waals surface area contributed by atoms with E-state index >= 15 is 0 Å². The van der Waals surface area contributed by atoms with Gasteiger partial charge in [-0.15, -0.1) is 0 Å². The van der Waals surface area contributed by atoms with Gasteiger partial charge >= 0.3 is 0 Å². The number of aromatic nitrogens is 4. The number of hydrogen-bond donors (Lipinski definition) is 1. The predicted octanol–water partition coefficient (Wildman–Crippen LogP) is 2.79. The van der Waals surface area contributed by atoms with E-state index in [2.05, 4.69) is 15.1 Å². The van der Waals surface area contributed by atoms with Crippen molar-refractivity contribution in [3.63, 3.8) is 0 Å². The SMILES string of the molecule is Nc1ncnc2c1c(-c1ccc(Oc3ccccc3)cc1)nn2CCN1C(=O)C=CC1=O. The van der Waals surface area contributed by atoms with E-state index in [1.165, 1.54) is 18.5 Å². The lowest BCUT2D eigenvalue weighted by atomic mass is 10.1. The Hall–Kier alpha value is -4.53. The van der Waals surface area contributed by atoms with Gasteiger partial charge < -0.3 is 10.5 Å². The van der Waals surface area contributed by atoms with Crippen LogP contribution in [-0.2, 0) is 16.1 Å². The highest BCUT2D eigenvalue weighted by atomic mass is 16.5. The summed E-state index contributed by atoms with van der Waals surface area (Å²) in [6.07, 6.45) is 3.88. The zero-order chi connectivity index (χ0) is 22.1. The highest BCUT2D eigenvalue weighted by Gasteiger charge is 2.24. The average molecular weight is 426 g/mol. The van der Waals surface area contributed by atoms with E-state index in [0.29, 0.717) is 28.3 Å². The maximum absolute atomic E-state index is 11.8. The molecule has 0 fully saturated rings. The monoisotopic (exact) mass is 426 g/mol. The Labute approximate surface area is 182 Å². The van der Waals surface area contributed by atoms with Gasteiger partial charge in [0.15, 0.2) is 5.65 Å². The van der Waals surface area contributed by atoms with Crippen LogP contribution >= 0.6 is 0 Å². The van der Waals surface area contributed by atoms with Crippen molar-refractivity contribution in [2.75, 3.05) is 12.3 Å². The number of anilines is 1. The minimum atomic E-state index is -0.338. The minimum Gasteiger partial charge on any atom is -0.457 e. The molecule has 0 bridgehead atoms. The Kier molecular flexibility index (Phi) is 4.83. The molecule has 158 valence electrons. The normalized spacial score (nSPS) is 13.3. The number of benzene rings is 2. The number of imide groups is 1. The number of hydrogen-bond acceptors (Lipinski definition) is 7. The summed E-state index contributed by atoms with van der Waals surface area (Å²) in [5.41, 5.74) is 8.10. The van der Waals surface area contributed by atoms with Crippen molar-refractivity contribution in [2.45, 2.75) is 6.54 Å². The molecule has 0 spiro atoms. The third-order valence-corrected chi connectivity index (χ3v) is 5.10. The summed E-state index contributed by atoms with van der Waals surface area (Å²) >= 11 is 0. The van der Waals surface area contributed by atoms with Crippen LogP contribution in [0.15, 0.2) is 73.1 Å². The molecular formula is C23H18N6O3. The summed E-state index contributed by atoms with van der Waals surface area (Å²) < 4.78 is 7.49. The zero-order valence-corrected chi connectivity index (χ0v) is 16.9. The van der Waals surface area contributed by atoms with Crippen LogP contribution in [0.3, 0.4) is 0 Å². The predicted molar refractivity (Wildman–Crippen MR) is 118 cm³/mol. The standard InChI is InChI=1S/C23H18N6O3/c24-22-20-21(15-6-8-17(9-7-15)32-16-4-2-1-3-5-16)27-29(23(20)26-14-25-22)13-12-28-18(30)10-11-19(28)31/h1-11,14H,12-13H2,(H2,24,25,26). The van der Waals surface area contributed by atoms with Crippen LogP contribution in [0.5, 0.6) is 11.5 Å². The summed E-state index contributed by atoms with van der Waals surface area (Å²) in [5, 5.41) is 5.28. The molecule has 0 atom stereocenters. The molecule has 0 radical (unpaired) electrons. The largest absolute Gasteiger partial charge is 0.457 e. The molecule has 9 heteroatoms. The maximum Gasteiger partial charge on any atom is 0.253 e. The molecule has 32 heavy (non-hydrogen) atoms. The Morgan fingerprint density at radius 1 is 0.844 bits per heavy atom. The zero-order valence-electron chi connectivity index (χ0n) is 16.9. The molecule has 9 nitrogen and oxygen atoms in total. The Morgan fingerprint density at radius 3 is 2.25 bits per heavy atom. The van der Waals surface area contributed by atoms with Crippen LogP contribution in [0, 0.1) is 0 Å². The first kappa shape index (κ1) is 19.4. The van der Waals surface area contributed by atoms with Gasteiger partial charge in [-0.1, -0.05) is 18.2 Å². The van der Waals surface area contributed by atoms with Crippen LogP contribution in [0.4, 0.5) is 5.82 Å². The highest BCUT2D eigenvalue weighted by Crippen LogP contribution is 2.32. The Bertz CT molecular complexity index is 1330. The first-order valence-electron chi connectivity index (χ1n) is 9.94. The van der Waals surface area contributed by atoms with Crippen molar-refractivity contribution in [3.8, 4) is 22.8 Å². The van der Waals surface area contributed by atoms with Crippen molar-refractivity contribution in [3.05, 3.63) is 73.1 Å². The van der Waals surface area contributed by atoms with E-state index < -0.39 is 0 Å². The van der Waals surface area contributed by atoms with Gasteiger partial charge in [-0.3, -0.25) is 14.5 Å². The van der Waals surface area contributed by atoms with Gasteiger partial charge in [-0.05, 0) is 36.4 Å². The molecule has 1 aliphatic heterocycles. The number of carbonyl (C=O) groups is 2. The number of amides is 2. The van der Waals surface area contributed by atoms with Crippen molar-refractivity contribution < 1.29 is 14.3 Å². The van der Waals surface area contributed by atoms with Gasteiger partial charge in [0.05, 0.1) is 11.9 Å². The summed E-state index contributed by atoms with van der Waals surface area (Å²) in [6.45, 7) is 0.454. The second-order valence-corrected chi connectivity index (χ2v) is 7.13. The summed E-state index contributed by atoms with van der Waals surface area (Å²) in [5.74, 6) is 1.06. The number of ether oxygens (including phenoxy) is 1. The fourth-order valence-corrected chi connectivity index (χ4v) is 3.54. The molecule has 2 aromatic carbocycles. The number of fused-ring (bicyclic) bond motifs is 1. The fourth-order valence-electron chi connectivity index (χ4n) is 3.54. The molecule has 4 aromatic rings. The van der Waals surface area contributed by atoms with Gasteiger partial charge in [0, 0.05) is 24.3 Å². The first-order chi connectivity index (χ1) is 15.6. The lowest BCUT2D eigenvalue weighted by molar-refractivity contribution is -0.136. The quantitative estimate of drug-likeness (QED) is 0.471. The smallest absolute Gasteiger partial charge is 0.253 e. The lowest BCUT2D eigenvalue weighted by Crippen LogP contribution is -2.33. The van der Waals surface area contributed by atoms with E-state index in [1.807, 2.05) is 54.6 Å². The molecule has 0 unspecified atom stereocenters. The number of nitrogens with two attached hydrogens (primary N) is 1. The molecular weight excluding hydrogens is 408 g/mol. The third kappa shape index (κ3) is 3.56. The van der Waals surface area contributed by atoms with Gasteiger partial charge in [0.25, 0.3) is 11.8 Å². The number of para-hydroxylation sites is 1. The number of carbonyl (C=O) groups excluding carboxylic acids is 2. The molecule has 1 aliphatic rings. The Balaban J connectivity index is 1.45. The van der Waals surface area contributed by atoms with E-state index in [1.54, 1.807) is 4.68 Å². The van der Waals surface area contributed by atoms with Gasteiger partial charge in [0.2, 0.25) is 0 Å². The number of nitrogens with zero attached hydrogens (tertiary/aromatic N) is 5. The van der Waals surface area contributed by atoms with E-state index in [0.717, 1.165) is 16.2 Å². The molecule has 2 N–H and O–H groups in total. The lowest BCUT2D eigenvalue weighted by Gasteiger charge is -2.13. The van der Waals surface area contributed by atoms with Crippen LogP contribution in [0.1, 0.15) is 0 Å². The van der Waals surface area contributed by atoms with Crippen LogP contribution in [0.25, 0.3) is 22.3 Å². The summed E-state index contributed by atoms with van der Waals surface area (Å²) in [4.78, 5) is 33.3. The molecule has 0 saturated carbocycles. The highest BCUT2D eigenvalue weighted by molar-refractivity contribution is 6.12. The maximum atomic E-state index is 11.8. The molecule has 2 aromatic heterocycles. The Morgan fingerprint density at radius 2 is 1.53 bits per heavy atom. The van der Waals surface area contributed by atoms with Gasteiger partial charge in [-0.25, -0.2) is 14.6 Å². The summed E-state index contributed by atoms with van der Waals surface area (Å²) in [7, 11) is 0. The van der Waals surface area contributed by atoms with Crippen molar-refractivity contribution >= 4 is 28.7 Å². The van der Waals surface area contributed by atoms with Crippen molar-refractivity contribution in [1.82, 2.24) is 24.6 Å². The molecule has 0 aliphatic carbocycles. The second-order valence-electron chi connectivity index (χ2n) is 7.13. The summed E-state index contributed by atoms with van der Waals surface area (Å²) in [6, 6.07) is 17.0. The molecule has 2 amide bonds. The topological polar surface area (TPSA) is 116 Å². The molecule has 0 saturated heterocycles. The van der Waals surface area contributed by atoms with Crippen LogP contribution in [-0.4, -0.2) is 43.0 Å². The van der Waals surface area contributed by atoms with Gasteiger partial charge in [-0.2, -0.15) is 5.10 Å². The van der Waals surface area contributed by atoms with E-state index in [-0.39, 0.29) is 24.9 Å². The van der Waals surface area contributed by atoms with Crippen LogP contribution in [0.2, 0.25) is 0 Å². The minimum absolute atomic E-state index is 0.175. The number of rotatable bonds is 6. The third-order valence-electron chi connectivity index (χ3n) is 5.10. The van der Waals surface area contributed by atoms with Crippen molar-refractivity contribution in [2.24, 2.45) is 0 Å². The van der Waals surface area contributed by atoms with Gasteiger partial charge in [0.1, 0.15) is 29.3 Å². The molecule has 5 rings (SSSR count). The second kappa shape index (κ2) is 7.95.